The minimum Gasteiger partial charge on any atom is -0.494 e. The molecule has 0 aliphatic carbocycles. The van der Waals surface area contributed by atoms with Crippen LogP contribution >= 0.6 is 27.5 Å². The van der Waals surface area contributed by atoms with E-state index in [2.05, 4.69) is 20.7 Å². The molecule has 0 atom stereocenters. The predicted octanol–water partition coefficient (Wildman–Crippen LogP) is 4.78. The Kier molecular flexibility index (Phi) is 5.60. The monoisotopic (exact) mass is 417 g/mol. The standard InChI is InChI=1S/C16H17BrClNO3S/c1-4-11-7-5-6-10(2)15(11)19-23(20,21)14-9-12(18)8-13(17)16(14)22-3/h5-9,19H,4H2,1-3H3. The summed E-state index contributed by atoms with van der Waals surface area (Å²) in [6.07, 6.45) is 0.718. The van der Waals surface area contributed by atoms with Crippen LogP contribution in [0, 0.1) is 6.92 Å². The molecule has 124 valence electrons. The van der Waals surface area contributed by atoms with Gasteiger partial charge in [0.05, 0.1) is 17.3 Å². The number of ether oxygens (including phenoxy) is 1. The van der Waals surface area contributed by atoms with Crippen molar-refractivity contribution >= 4 is 43.2 Å². The van der Waals surface area contributed by atoms with Gasteiger partial charge in [-0.15, -0.1) is 0 Å². The lowest BCUT2D eigenvalue weighted by atomic mass is 10.1. The summed E-state index contributed by atoms with van der Waals surface area (Å²) in [5.74, 6) is 0.216. The second-order valence-corrected chi connectivity index (χ2v) is 7.93. The van der Waals surface area contributed by atoms with Crippen molar-refractivity contribution in [1.29, 1.82) is 0 Å². The molecule has 7 heteroatoms. The molecule has 1 N–H and O–H groups in total. The van der Waals surface area contributed by atoms with Crippen molar-refractivity contribution in [1.82, 2.24) is 0 Å². The van der Waals surface area contributed by atoms with E-state index in [-0.39, 0.29) is 10.6 Å². The van der Waals surface area contributed by atoms with Crippen LogP contribution in [-0.2, 0) is 16.4 Å². The lowest BCUT2D eigenvalue weighted by Gasteiger charge is -2.17. The highest BCUT2D eigenvalue weighted by atomic mass is 79.9. The highest BCUT2D eigenvalue weighted by Crippen LogP contribution is 2.36. The van der Waals surface area contributed by atoms with Gasteiger partial charge in [0.1, 0.15) is 4.90 Å². The smallest absolute Gasteiger partial charge is 0.265 e. The van der Waals surface area contributed by atoms with Gasteiger partial charge in [0, 0.05) is 5.02 Å². The number of sulfonamides is 1. The van der Waals surface area contributed by atoms with E-state index in [4.69, 9.17) is 16.3 Å². The van der Waals surface area contributed by atoms with Crippen molar-refractivity contribution in [3.8, 4) is 5.75 Å². The minimum atomic E-state index is -3.85. The Bertz CT molecular complexity index is 837. The molecule has 2 rings (SSSR count). The molecule has 0 amide bonds. The lowest BCUT2D eigenvalue weighted by molar-refractivity contribution is 0.400. The van der Waals surface area contributed by atoms with E-state index in [9.17, 15) is 8.42 Å². The molecule has 0 radical (unpaired) electrons. The molecule has 4 nitrogen and oxygen atoms in total. The molecule has 0 saturated carbocycles. The number of anilines is 1. The van der Waals surface area contributed by atoms with E-state index in [1.165, 1.54) is 13.2 Å². The highest BCUT2D eigenvalue weighted by molar-refractivity contribution is 9.10. The number of methoxy groups -OCH3 is 1. The zero-order chi connectivity index (χ0) is 17.2. The van der Waals surface area contributed by atoms with Crippen LogP contribution < -0.4 is 9.46 Å². The summed E-state index contributed by atoms with van der Waals surface area (Å²) in [6.45, 7) is 3.84. The maximum Gasteiger partial charge on any atom is 0.265 e. The maximum absolute atomic E-state index is 12.8. The van der Waals surface area contributed by atoms with Crippen molar-refractivity contribution in [2.24, 2.45) is 0 Å². The number of hydrogen-bond donors (Lipinski definition) is 1. The molecular weight excluding hydrogens is 402 g/mol. The summed E-state index contributed by atoms with van der Waals surface area (Å²) in [4.78, 5) is -0.00955. The van der Waals surface area contributed by atoms with Crippen molar-refractivity contribution in [2.45, 2.75) is 25.2 Å². The molecule has 2 aromatic rings. The third-order valence-corrected chi connectivity index (χ3v) is 5.61. The van der Waals surface area contributed by atoms with Gasteiger partial charge in [0.2, 0.25) is 0 Å². The Morgan fingerprint density at radius 3 is 2.61 bits per heavy atom. The third-order valence-electron chi connectivity index (χ3n) is 3.44. The second-order valence-electron chi connectivity index (χ2n) is 4.99. The predicted molar refractivity (Wildman–Crippen MR) is 97.1 cm³/mol. The van der Waals surface area contributed by atoms with E-state index in [1.54, 1.807) is 6.07 Å². The molecule has 2 aromatic carbocycles. The molecule has 0 spiro atoms. The van der Waals surface area contributed by atoms with Crippen LogP contribution in [-0.4, -0.2) is 15.5 Å². The topological polar surface area (TPSA) is 55.4 Å². The van der Waals surface area contributed by atoms with Crippen molar-refractivity contribution in [3.63, 3.8) is 0 Å². The minimum absolute atomic E-state index is 0.00955. The van der Waals surface area contributed by atoms with Crippen molar-refractivity contribution in [3.05, 3.63) is 51.0 Å². The molecule has 0 heterocycles. The number of para-hydroxylation sites is 1. The largest absolute Gasteiger partial charge is 0.494 e. The van der Waals surface area contributed by atoms with Gasteiger partial charge in [-0.25, -0.2) is 8.42 Å². The Morgan fingerprint density at radius 2 is 2.00 bits per heavy atom. The molecule has 0 aromatic heterocycles. The first-order chi connectivity index (χ1) is 10.8. The molecule has 0 unspecified atom stereocenters. The first-order valence-electron chi connectivity index (χ1n) is 6.94. The number of benzene rings is 2. The normalized spacial score (nSPS) is 11.3. The number of halogens is 2. The van der Waals surface area contributed by atoms with E-state index in [0.717, 1.165) is 17.5 Å². The second kappa shape index (κ2) is 7.11. The number of aryl methyl sites for hydroxylation is 2. The molecule has 0 bridgehead atoms. The first-order valence-corrected chi connectivity index (χ1v) is 9.60. The summed E-state index contributed by atoms with van der Waals surface area (Å²) in [6, 6.07) is 8.63. The van der Waals surface area contributed by atoms with Gasteiger partial charge in [-0.2, -0.15) is 0 Å². The van der Waals surface area contributed by atoms with Gasteiger partial charge in [-0.3, -0.25) is 4.72 Å². The molecule has 0 aliphatic rings. The van der Waals surface area contributed by atoms with Crippen LogP contribution in [0.4, 0.5) is 5.69 Å². The van der Waals surface area contributed by atoms with Gasteiger partial charge in [0.25, 0.3) is 10.0 Å². The van der Waals surface area contributed by atoms with Crippen LogP contribution in [0.15, 0.2) is 39.7 Å². The Labute approximate surface area is 150 Å². The zero-order valence-electron chi connectivity index (χ0n) is 13.0. The van der Waals surface area contributed by atoms with Crippen LogP contribution in [0.2, 0.25) is 5.02 Å². The van der Waals surface area contributed by atoms with E-state index >= 15 is 0 Å². The molecule has 0 saturated heterocycles. The summed E-state index contributed by atoms with van der Waals surface area (Å²) in [5.41, 5.74) is 2.37. The number of hydrogen-bond acceptors (Lipinski definition) is 3. The number of nitrogens with one attached hydrogen (secondary N) is 1. The fraction of sp³-hybridized carbons (Fsp3) is 0.250. The SMILES string of the molecule is CCc1cccc(C)c1NS(=O)(=O)c1cc(Cl)cc(Br)c1OC. The summed E-state index contributed by atoms with van der Waals surface area (Å²) in [7, 11) is -2.43. The molecule has 23 heavy (non-hydrogen) atoms. The van der Waals surface area contributed by atoms with Crippen LogP contribution in [0.25, 0.3) is 0 Å². The Morgan fingerprint density at radius 1 is 1.30 bits per heavy atom. The van der Waals surface area contributed by atoms with Gasteiger partial charge in [-0.05, 0) is 52.5 Å². The zero-order valence-corrected chi connectivity index (χ0v) is 16.1. The van der Waals surface area contributed by atoms with E-state index in [0.29, 0.717) is 15.2 Å². The van der Waals surface area contributed by atoms with Crippen molar-refractivity contribution < 1.29 is 13.2 Å². The van der Waals surface area contributed by atoms with Gasteiger partial charge >= 0.3 is 0 Å². The van der Waals surface area contributed by atoms with Crippen LogP contribution in [0.5, 0.6) is 5.75 Å². The van der Waals surface area contributed by atoms with Crippen LogP contribution in [0.1, 0.15) is 18.1 Å². The molecular formula is C16H17BrClNO3S. The molecule has 0 fully saturated rings. The average molecular weight is 419 g/mol. The third kappa shape index (κ3) is 3.82. The number of rotatable bonds is 5. The van der Waals surface area contributed by atoms with E-state index < -0.39 is 10.0 Å². The summed E-state index contributed by atoms with van der Waals surface area (Å²) >= 11 is 9.28. The van der Waals surface area contributed by atoms with Gasteiger partial charge < -0.3 is 4.74 Å². The summed E-state index contributed by atoms with van der Waals surface area (Å²) < 4.78 is 34.0. The first kappa shape index (κ1) is 18.1. The Balaban J connectivity index is 2.57. The lowest BCUT2D eigenvalue weighted by Crippen LogP contribution is -2.16. The average Bonchev–Trinajstić information content (AvgIpc) is 2.48. The fourth-order valence-corrected chi connectivity index (χ4v) is 4.85. The maximum atomic E-state index is 12.8. The fourth-order valence-electron chi connectivity index (χ4n) is 2.29. The van der Waals surface area contributed by atoms with Gasteiger partial charge in [-0.1, -0.05) is 36.7 Å². The molecule has 0 aliphatic heterocycles. The Hall–Kier alpha value is -1.24. The van der Waals surface area contributed by atoms with Gasteiger partial charge in [0.15, 0.2) is 5.75 Å². The van der Waals surface area contributed by atoms with Crippen LogP contribution in [0.3, 0.4) is 0 Å². The highest BCUT2D eigenvalue weighted by Gasteiger charge is 2.24. The summed E-state index contributed by atoms with van der Waals surface area (Å²) in [5, 5.41) is 0.304. The van der Waals surface area contributed by atoms with Crippen molar-refractivity contribution in [2.75, 3.05) is 11.8 Å². The van der Waals surface area contributed by atoms with E-state index in [1.807, 2.05) is 32.0 Å². The quantitative estimate of drug-likeness (QED) is 0.760.